The van der Waals surface area contributed by atoms with Crippen LogP contribution >= 0.6 is 11.3 Å². The van der Waals surface area contributed by atoms with E-state index in [4.69, 9.17) is 4.74 Å². The van der Waals surface area contributed by atoms with E-state index in [0.717, 1.165) is 31.4 Å². The lowest BCUT2D eigenvalue weighted by Gasteiger charge is -2.25. The van der Waals surface area contributed by atoms with Crippen LogP contribution in [0.3, 0.4) is 0 Å². The Hall–Kier alpha value is -2.75. The molecule has 3 aromatic rings. The number of benzene rings is 2. The third-order valence-corrected chi connectivity index (χ3v) is 8.60. The summed E-state index contributed by atoms with van der Waals surface area (Å²) in [5.74, 6) is 0.447. The summed E-state index contributed by atoms with van der Waals surface area (Å²) in [5.41, 5.74) is 2.67. The SMILES string of the molecule is CCc1ccc(N(C(C)=O)c2nc(COc3ccc(S(=O)(=O)N4CCCCC4)cc3)cs2)cc1. The molecule has 1 saturated heterocycles. The van der Waals surface area contributed by atoms with Gasteiger partial charge in [0.05, 0.1) is 16.3 Å². The molecule has 1 aromatic heterocycles. The van der Waals surface area contributed by atoms with Crippen molar-refractivity contribution < 1.29 is 17.9 Å². The molecule has 0 saturated carbocycles. The largest absolute Gasteiger partial charge is 0.487 e. The molecule has 7 nitrogen and oxygen atoms in total. The highest BCUT2D eigenvalue weighted by Crippen LogP contribution is 2.30. The number of hydrogen-bond donors (Lipinski definition) is 0. The van der Waals surface area contributed by atoms with Gasteiger partial charge in [0, 0.05) is 25.4 Å². The Morgan fingerprint density at radius 2 is 1.74 bits per heavy atom. The number of anilines is 2. The van der Waals surface area contributed by atoms with Crippen LogP contribution in [-0.2, 0) is 27.8 Å². The molecule has 9 heteroatoms. The van der Waals surface area contributed by atoms with Gasteiger partial charge in [-0.15, -0.1) is 11.3 Å². The van der Waals surface area contributed by atoms with Gasteiger partial charge in [0.25, 0.3) is 0 Å². The maximum Gasteiger partial charge on any atom is 0.243 e. The number of carbonyl (C=O) groups is 1. The van der Waals surface area contributed by atoms with E-state index < -0.39 is 10.0 Å². The summed E-state index contributed by atoms with van der Waals surface area (Å²) in [5, 5.41) is 2.44. The second kappa shape index (κ2) is 10.7. The third-order valence-electron chi connectivity index (χ3n) is 5.81. The highest BCUT2D eigenvalue weighted by atomic mass is 32.2. The van der Waals surface area contributed by atoms with Gasteiger partial charge < -0.3 is 4.74 Å². The van der Waals surface area contributed by atoms with Crippen LogP contribution < -0.4 is 9.64 Å². The van der Waals surface area contributed by atoms with Gasteiger partial charge >= 0.3 is 0 Å². The fraction of sp³-hybridized carbons (Fsp3) is 0.360. The Morgan fingerprint density at radius 1 is 1.06 bits per heavy atom. The number of amides is 1. The van der Waals surface area contributed by atoms with Crippen molar-refractivity contribution in [3.63, 3.8) is 0 Å². The second-order valence-corrected chi connectivity index (χ2v) is 11.0. The van der Waals surface area contributed by atoms with E-state index in [1.165, 1.54) is 23.8 Å². The maximum absolute atomic E-state index is 12.8. The van der Waals surface area contributed by atoms with E-state index >= 15 is 0 Å². The quantitative estimate of drug-likeness (QED) is 0.429. The smallest absolute Gasteiger partial charge is 0.243 e. The highest BCUT2D eigenvalue weighted by molar-refractivity contribution is 7.89. The average molecular weight is 500 g/mol. The second-order valence-electron chi connectivity index (χ2n) is 8.22. The minimum absolute atomic E-state index is 0.114. The van der Waals surface area contributed by atoms with Gasteiger partial charge in [-0.05, 0) is 61.2 Å². The molecule has 1 fully saturated rings. The number of hydrogen-bond acceptors (Lipinski definition) is 6. The molecule has 4 rings (SSSR count). The van der Waals surface area contributed by atoms with Crippen LogP contribution in [0.15, 0.2) is 58.8 Å². The van der Waals surface area contributed by atoms with Crippen molar-refractivity contribution in [2.75, 3.05) is 18.0 Å². The molecule has 2 aromatic carbocycles. The van der Waals surface area contributed by atoms with Crippen molar-refractivity contribution in [2.24, 2.45) is 0 Å². The van der Waals surface area contributed by atoms with Crippen LogP contribution in [0.5, 0.6) is 5.75 Å². The Kier molecular flexibility index (Phi) is 7.65. The fourth-order valence-electron chi connectivity index (χ4n) is 3.89. The average Bonchev–Trinajstić information content (AvgIpc) is 3.32. The Morgan fingerprint density at radius 3 is 2.35 bits per heavy atom. The first-order valence-corrected chi connectivity index (χ1v) is 13.8. The van der Waals surface area contributed by atoms with Gasteiger partial charge in [-0.3, -0.25) is 9.69 Å². The maximum atomic E-state index is 12.8. The van der Waals surface area contributed by atoms with Gasteiger partial charge in [-0.1, -0.05) is 25.5 Å². The van der Waals surface area contributed by atoms with Crippen LogP contribution in [0.2, 0.25) is 0 Å². The van der Waals surface area contributed by atoms with E-state index in [9.17, 15) is 13.2 Å². The van der Waals surface area contributed by atoms with Crippen molar-refractivity contribution in [1.82, 2.24) is 9.29 Å². The van der Waals surface area contributed by atoms with Crippen LogP contribution in [0.25, 0.3) is 0 Å². The van der Waals surface area contributed by atoms with Crippen molar-refractivity contribution in [1.29, 1.82) is 0 Å². The molecule has 180 valence electrons. The molecule has 0 atom stereocenters. The number of rotatable bonds is 8. The predicted octanol–water partition coefficient (Wildman–Crippen LogP) is 5.14. The van der Waals surface area contributed by atoms with E-state index in [-0.39, 0.29) is 17.4 Å². The van der Waals surface area contributed by atoms with Gasteiger partial charge in [-0.25, -0.2) is 13.4 Å². The van der Waals surface area contributed by atoms with Gasteiger partial charge in [0.2, 0.25) is 15.9 Å². The summed E-state index contributed by atoms with van der Waals surface area (Å²) in [7, 11) is -3.46. The number of aromatic nitrogens is 1. The molecule has 2 heterocycles. The first kappa shape index (κ1) is 24.4. The topological polar surface area (TPSA) is 79.8 Å². The number of nitrogens with zero attached hydrogens (tertiary/aromatic N) is 3. The Labute approximate surface area is 205 Å². The molecule has 1 amide bonds. The summed E-state index contributed by atoms with van der Waals surface area (Å²) in [4.78, 5) is 18.8. The van der Waals surface area contributed by atoms with Crippen LogP contribution in [0.4, 0.5) is 10.8 Å². The minimum atomic E-state index is -3.46. The number of thiazole rings is 1. The number of carbonyl (C=O) groups excluding carboxylic acids is 1. The predicted molar refractivity (Wildman–Crippen MR) is 134 cm³/mol. The lowest BCUT2D eigenvalue weighted by molar-refractivity contribution is -0.115. The molecule has 1 aliphatic rings. The summed E-state index contributed by atoms with van der Waals surface area (Å²) < 4.78 is 33.0. The molecular weight excluding hydrogens is 470 g/mol. The zero-order chi connectivity index (χ0) is 24.1. The van der Waals surface area contributed by atoms with Gasteiger partial charge in [0.15, 0.2) is 5.13 Å². The molecule has 0 spiro atoms. The van der Waals surface area contributed by atoms with E-state index in [1.54, 1.807) is 33.5 Å². The van der Waals surface area contributed by atoms with E-state index in [1.807, 2.05) is 29.6 Å². The summed E-state index contributed by atoms with van der Waals surface area (Å²) in [6.45, 7) is 4.98. The standard InChI is InChI=1S/C25H29N3O4S2/c1-3-20-7-9-22(10-8-20)28(19(2)29)25-26-21(18-33-25)17-32-23-11-13-24(14-12-23)34(30,31)27-15-5-4-6-16-27/h7-14,18H,3-6,15-17H2,1-2H3. The summed E-state index contributed by atoms with van der Waals surface area (Å²) in [6.07, 6.45) is 3.82. The van der Waals surface area contributed by atoms with Gasteiger partial charge in [0.1, 0.15) is 12.4 Å². The van der Waals surface area contributed by atoms with Crippen LogP contribution in [-0.4, -0.2) is 36.7 Å². The van der Waals surface area contributed by atoms with E-state index in [0.29, 0.717) is 29.7 Å². The molecule has 0 radical (unpaired) electrons. The molecule has 0 bridgehead atoms. The minimum Gasteiger partial charge on any atom is -0.487 e. The third kappa shape index (κ3) is 5.48. The molecule has 1 aliphatic heterocycles. The molecule has 34 heavy (non-hydrogen) atoms. The molecule has 0 N–H and O–H groups in total. The van der Waals surface area contributed by atoms with Crippen LogP contribution in [0.1, 0.15) is 44.4 Å². The number of aryl methyl sites for hydroxylation is 1. The first-order chi connectivity index (χ1) is 16.4. The number of sulfonamides is 1. The van der Waals surface area contributed by atoms with Gasteiger partial charge in [-0.2, -0.15) is 4.31 Å². The van der Waals surface area contributed by atoms with Crippen molar-refractivity contribution in [3.05, 3.63) is 65.2 Å². The molecular formula is C25H29N3O4S2. The first-order valence-electron chi connectivity index (χ1n) is 11.5. The van der Waals surface area contributed by atoms with Crippen molar-refractivity contribution in [3.8, 4) is 5.75 Å². The lowest BCUT2D eigenvalue weighted by Crippen LogP contribution is -2.35. The van der Waals surface area contributed by atoms with Crippen LogP contribution in [0, 0.1) is 0 Å². The fourth-order valence-corrected chi connectivity index (χ4v) is 6.28. The molecule has 0 unspecified atom stereocenters. The number of ether oxygens (including phenoxy) is 1. The normalized spacial score (nSPS) is 14.6. The van der Waals surface area contributed by atoms with E-state index in [2.05, 4.69) is 11.9 Å². The zero-order valence-corrected chi connectivity index (χ0v) is 21.1. The monoisotopic (exact) mass is 499 g/mol. The Balaban J connectivity index is 1.41. The summed E-state index contributed by atoms with van der Waals surface area (Å²) >= 11 is 1.38. The number of piperidine rings is 1. The zero-order valence-electron chi connectivity index (χ0n) is 19.4. The highest BCUT2D eigenvalue weighted by Gasteiger charge is 2.25. The molecule has 0 aliphatic carbocycles. The summed E-state index contributed by atoms with van der Waals surface area (Å²) in [6, 6.07) is 14.4. The Bertz CT molecular complexity index is 1220. The lowest BCUT2D eigenvalue weighted by atomic mass is 10.1. The van der Waals surface area contributed by atoms with Crippen molar-refractivity contribution in [2.45, 2.75) is 51.0 Å². The van der Waals surface area contributed by atoms with Crippen molar-refractivity contribution >= 4 is 38.1 Å².